The molecular formula is C22H25N7O2. The zero-order valence-corrected chi connectivity index (χ0v) is 17.6. The number of hydrogen-bond donors (Lipinski definition) is 3. The van der Waals surface area contributed by atoms with Crippen LogP contribution in [-0.2, 0) is 4.74 Å². The van der Waals surface area contributed by atoms with E-state index in [1.54, 1.807) is 31.1 Å². The third-order valence-corrected chi connectivity index (χ3v) is 6.08. The van der Waals surface area contributed by atoms with Crippen LogP contribution in [0.5, 0.6) is 0 Å². The number of H-pyrrole nitrogens is 1. The van der Waals surface area contributed by atoms with Crippen molar-refractivity contribution in [1.82, 2.24) is 29.9 Å². The maximum Gasteiger partial charge on any atom is 0.255 e. The Labute approximate surface area is 179 Å². The highest BCUT2D eigenvalue weighted by Gasteiger charge is 2.24. The number of fused-ring (bicyclic) bond motifs is 2. The molecule has 31 heavy (non-hydrogen) atoms. The number of aromatic nitrogens is 5. The summed E-state index contributed by atoms with van der Waals surface area (Å²) in [6.45, 7) is 0. The average molecular weight is 419 g/mol. The molecule has 1 fully saturated rings. The summed E-state index contributed by atoms with van der Waals surface area (Å²) < 4.78 is 7.15. The van der Waals surface area contributed by atoms with E-state index < -0.39 is 0 Å². The lowest BCUT2D eigenvalue weighted by Crippen LogP contribution is -2.38. The smallest absolute Gasteiger partial charge is 0.255 e. The summed E-state index contributed by atoms with van der Waals surface area (Å²) in [5.41, 5.74) is 4.04. The number of nitrogens with zero attached hydrogens (tertiary/aromatic N) is 4. The van der Waals surface area contributed by atoms with Crippen molar-refractivity contribution in [3.8, 4) is 11.1 Å². The van der Waals surface area contributed by atoms with Crippen molar-refractivity contribution < 1.29 is 9.53 Å². The van der Waals surface area contributed by atoms with Gasteiger partial charge in [0, 0.05) is 49.7 Å². The topological polar surface area (TPSA) is 109 Å². The lowest BCUT2D eigenvalue weighted by Gasteiger charge is -2.28. The molecule has 160 valence electrons. The highest BCUT2D eigenvalue weighted by molar-refractivity contribution is 6.02. The fourth-order valence-electron chi connectivity index (χ4n) is 4.30. The predicted molar refractivity (Wildman–Crippen MR) is 118 cm³/mol. The number of ether oxygens (including phenoxy) is 1. The number of aromatic amines is 1. The Morgan fingerprint density at radius 3 is 2.87 bits per heavy atom. The van der Waals surface area contributed by atoms with Crippen molar-refractivity contribution in [1.29, 1.82) is 0 Å². The third kappa shape index (κ3) is 3.61. The molecule has 0 bridgehead atoms. The van der Waals surface area contributed by atoms with Crippen LogP contribution in [0.2, 0.25) is 0 Å². The summed E-state index contributed by atoms with van der Waals surface area (Å²) in [5, 5.41) is 11.4. The molecule has 0 aromatic carbocycles. The Bertz CT molecular complexity index is 1240. The normalized spacial score (nSPS) is 19.0. The van der Waals surface area contributed by atoms with Crippen LogP contribution >= 0.6 is 0 Å². The van der Waals surface area contributed by atoms with Crippen LogP contribution in [0.3, 0.4) is 0 Å². The van der Waals surface area contributed by atoms with Crippen LogP contribution in [0, 0.1) is 0 Å². The molecule has 9 nitrogen and oxygen atoms in total. The number of pyridine rings is 1. The van der Waals surface area contributed by atoms with Gasteiger partial charge >= 0.3 is 0 Å². The summed E-state index contributed by atoms with van der Waals surface area (Å²) in [6.07, 6.45) is 11.3. The molecule has 0 radical (unpaired) electrons. The van der Waals surface area contributed by atoms with Crippen LogP contribution in [0.1, 0.15) is 36.0 Å². The Hall–Kier alpha value is -3.46. The number of anilines is 1. The third-order valence-electron chi connectivity index (χ3n) is 6.08. The minimum Gasteiger partial charge on any atom is -0.381 e. The summed E-state index contributed by atoms with van der Waals surface area (Å²) in [5.74, 6) is 0.472. The van der Waals surface area contributed by atoms with Gasteiger partial charge in [-0.15, -0.1) is 0 Å². The van der Waals surface area contributed by atoms with Gasteiger partial charge in [-0.05, 0) is 43.4 Å². The van der Waals surface area contributed by atoms with E-state index in [0.29, 0.717) is 17.6 Å². The summed E-state index contributed by atoms with van der Waals surface area (Å²) in [4.78, 5) is 25.0. The van der Waals surface area contributed by atoms with Gasteiger partial charge in [-0.1, -0.05) is 0 Å². The predicted octanol–water partition coefficient (Wildman–Crippen LogP) is 3.00. The molecule has 0 aliphatic heterocycles. The highest BCUT2D eigenvalue weighted by Crippen LogP contribution is 2.29. The van der Waals surface area contributed by atoms with Gasteiger partial charge in [-0.2, -0.15) is 10.1 Å². The van der Waals surface area contributed by atoms with Gasteiger partial charge < -0.3 is 20.4 Å². The van der Waals surface area contributed by atoms with Gasteiger partial charge in [0.1, 0.15) is 5.65 Å². The Morgan fingerprint density at radius 2 is 2.10 bits per heavy atom. The second kappa shape index (κ2) is 7.99. The molecule has 1 aliphatic carbocycles. The molecule has 1 aliphatic rings. The lowest BCUT2D eigenvalue weighted by atomic mass is 9.93. The molecule has 1 amide bonds. The summed E-state index contributed by atoms with van der Waals surface area (Å²) in [6, 6.07) is 4.13. The first-order valence-electron chi connectivity index (χ1n) is 10.5. The van der Waals surface area contributed by atoms with Crippen molar-refractivity contribution in [2.24, 2.45) is 0 Å². The van der Waals surface area contributed by atoms with Gasteiger partial charge in [0.05, 0.1) is 23.4 Å². The largest absolute Gasteiger partial charge is 0.381 e. The lowest BCUT2D eigenvalue weighted by molar-refractivity contribution is 0.0599. The maximum absolute atomic E-state index is 13.0. The first-order chi connectivity index (χ1) is 15.2. The number of amides is 1. The molecule has 4 heterocycles. The molecule has 5 rings (SSSR count). The van der Waals surface area contributed by atoms with E-state index in [0.717, 1.165) is 53.4 Å². The number of nitrogens with one attached hydrogen (secondary N) is 3. The van der Waals surface area contributed by atoms with Gasteiger partial charge in [-0.3, -0.25) is 4.79 Å². The number of rotatable bonds is 5. The Morgan fingerprint density at radius 1 is 1.26 bits per heavy atom. The van der Waals surface area contributed by atoms with E-state index in [9.17, 15) is 4.79 Å². The standard InChI is InChI=1S/C22H25N7O2/c1-23-22-25-11-17-16(10-24-20(17)28-22)13-7-8-29-19(9-13)18(12-26-29)21(30)27-14-3-5-15(31-2)6-4-14/h7-12,14-15H,3-6H2,1-2H3,(H,27,30)(H2,23,24,25,28)/t14-,15-. The van der Waals surface area contributed by atoms with E-state index >= 15 is 0 Å². The van der Waals surface area contributed by atoms with Crippen LogP contribution in [0.25, 0.3) is 27.7 Å². The van der Waals surface area contributed by atoms with Crippen molar-refractivity contribution >= 4 is 28.4 Å². The second-order valence-corrected chi connectivity index (χ2v) is 7.89. The van der Waals surface area contributed by atoms with Crippen molar-refractivity contribution in [3.05, 3.63) is 42.5 Å². The first kappa shape index (κ1) is 19.5. The summed E-state index contributed by atoms with van der Waals surface area (Å²) in [7, 11) is 3.54. The Balaban J connectivity index is 1.43. The van der Waals surface area contributed by atoms with Crippen LogP contribution in [0.4, 0.5) is 5.95 Å². The van der Waals surface area contributed by atoms with Gasteiger partial charge in [0.2, 0.25) is 5.95 Å². The zero-order valence-electron chi connectivity index (χ0n) is 17.6. The maximum atomic E-state index is 13.0. The highest BCUT2D eigenvalue weighted by atomic mass is 16.5. The van der Waals surface area contributed by atoms with E-state index in [2.05, 4.69) is 30.7 Å². The molecule has 4 aromatic heterocycles. The first-order valence-corrected chi connectivity index (χ1v) is 10.5. The molecule has 0 atom stereocenters. The zero-order chi connectivity index (χ0) is 21.4. The molecule has 9 heteroatoms. The minimum atomic E-state index is -0.0889. The molecule has 1 saturated carbocycles. The number of carbonyl (C=O) groups excluding carboxylic acids is 1. The quantitative estimate of drug-likeness (QED) is 0.459. The van der Waals surface area contributed by atoms with E-state index in [1.165, 1.54) is 0 Å². The van der Waals surface area contributed by atoms with Crippen molar-refractivity contribution in [2.75, 3.05) is 19.5 Å². The second-order valence-electron chi connectivity index (χ2n) is 7.89. The van der Waals surface area contributed by atoms with Crippen LogP contribution in [0.15, 0.2) is 36.9 Å². The molecule has 3 N–H and O–H groups in total. The number of methoxy groups -OCH3 is 1. The van der Waals surface area contributed by atoms with Gasteiger partial charge in [0.15, 0.2) is 0 Å². The van der Waals surface area contributed by atoms with Crippen molar-refractivity contribution in [2.45, 2.75) is 37.8 Å². The number of carbonyl (C=O) groups is 1. The average Bonchev–Trinajstić information content (AvgIpc) is 3.42. The molecule has 0 saturated heterocycles. The van der Waals surface area contributed by atoms with Crippen LogP contribution in [-0.4, -0.2) is 56.8 Å². The van der Waals surface area contributed by atoms with E-state index in [4.69, 9.17) is 4.74 Å². The van der Waals surface area contributed by atoms with E-state index in [-0.39, 0.29) is 11.9 Å². The number of hydrogen-bond acceptors (Lipinski definition) is 6. The van der Waals surface area contributed by atoms with E-state index in [1.807, 2.05) is 24.5 Å². The summed E-state index contributed by atoms with van der Waals surface area (Å²) >= 11 is 0. The van der Waals surface area contributed by atoms with Crippen molar-refractivity contribution in [3.63, 3.8) is 0 Å². The van der Waals surface area contributed by atoms with Gasteiger partial charge in [-0.25, -0.2) is 9.50 Å². The molecule has 0 spiro atoms. The Kier molecular flexibility index (Phi) is 5.03. The monoisotopic (exact) mass is 419 g/mol. The molecule has 0 unspecified atom stereocenters. The fourth-order valence-corrected chi connectivity index (χ4v) is 4.30. The van der Waals surface area contributed by atoms with Gasteiger partial charge in [0.25, 0.3) is 5.91 Å². The fraction of sp³-hybridized carbons (Fsp3) is 0.364. The minimum absolute atomic E-state index is 0.0889. The van der Waals surface area contributed by atoms with Crippen LogP contribution < -0.4 is 10.6 Å². The SMILES string of the molecule is CNc1ncc2c(-c3ccn4ncc(C(=O)N[C@H]5CC[C@H](OC)CC5)c4c3)c[nH]c2n1. The molecular weight excluding hydrogens is 394 g/mol. The molecule has 4 aromatic rings.